The molecule has 1 aliphatic rings. The third-order valence-corrected chi connectivity index (χ3v) is 2.84. The molecule has 2 atom stereocenters. The number of ether oxygens (including phenoxy) is 1. The molecule has 1 heterocycles. The van der Waals surface area contributed by atoms with Crippen LogP contribution in [0.5, 0.6) is 0 Å². The monoisotopic (exact) mass is 229 g/mol. The minimum Gasteiger partial charge on any atom is -0.481 e. The molecule has 0 bridgehead atoms. The first-order valence-corrected chi connectivity index (χ1v) is 5.64. The summed E-state index contributed by atoms with van der Waals surface area (Å²) < 4.78 is 5.21. The van der Waals surface area contributed by atoms with Gasteiger partial charge in [-0.2, -0.15) is 0 Å². The SMILES string of the molecule is CC(C)C(CNC(=O)C1CCCO1)C(=O)O. The first-order valence-electron chi connectivity index (χ1n) is 5.64. The number of carboxylic acid groups (broad SMARTS) is 1. The van der Waals surface area contributed by atoms with E-state index in [9.17, 15) is 9.59 Å². The van der Waals surface area contributed by atoms with Crippen LogP contribution in [0.3, 0.4) is 0 Å². The molecule has 0 aromatic heterocycles. The maximum absolute atomic E-state index is 11.6. The average Bonchev–Trinajstić information content (AvgIpc) is 2.69. The zero-order valence-corrected chi connectivity index (χ0v) is 9.73. The van der Waals surface area contributed by atoms with Crippen LogP contribution in [-0.4, -0.2) is 36.2 Å². The van der Waals surface area contributed by atoms with Crippen molar-refractivity contribution in [2.45, 2.75) is 32.8 Å². The lowest BCUT2D eigenvalue weighted by Crippen LogP contribution is -2.40. The molecule has 5 heteroatoms. The highest BCUT2D eigenvalue weighted by Gasteiger charge is 2.26. The number of carbonyl (C=O) groups is 2. The third-order valence-electron chi connectivity index (χ3n) is 2.84. The summed E-state index contributed by atoms with van der Waals surface area (Å²) in [6.45, 7) is 4.45. The van der Waals surface area contributed by atoms with Crippen molar-refractivity contribution in [2.75, 3.05) is 13.2 Å². The highest BCUT2D eigenvalue weighted by atomic mass is 16.5. The summed E-state index contributed by atoms with van der Waals surface area (Å²) in [4.78, 5) is 22.5. The molecule has 0 saturated carbocycles. The lowest BCUT2D eigenvalue weighted by atomic mass is 9.96. The molecule has 1 rings (SSSR count). The number of amides is 1. The Morgan fingerprint density at radius 3 is 2.62 bits per heavy atom. The van der Waals surface area contributed by atoms with Crippen molar-refractivity contribution < 1.29 is 19.4 Å². The van der Waals surface area contributed by atoms with Crippen LogP contribution < -0.4 is 5.32 Å². The quantitative estimate of drug-likeness (QED) is 0.725. The molecular weight excluding hydrogens is 210 g/mol. The summed E-state index contributed by atoms with van der Waals surface area (Å²) in [7, 11) is 0. The highest BCUT2D eigenvalue weighted by Crippen LogP contribution is 2.13. The van der Waals surface area contributed by atoms with Gasteiger partial charge in [-0.15, -0.1) is 0 Å². The van der Waals surface area contributed by atoms with Gasteiger partial charge in [0.25, 0.3) is 0 Å². The number of hydrogen-bond donors (Lipinski definition) is 2. The largest absolute Gasteiger partial charge is 0.481 e. The van der Waals surface area contributed by atoms with Crippen molar-refractivity contribution in [1.82, 2.24) is 5.32 Å². The molecule has 1 amide bonds. The van der Waals surface area contributed by atoms with Crippen LogP contribution in [0.4, 0.5) is 0 Å². The molecule has 0 spiro atoms. The van der Waals surface area contributed by atoms with Crippen molar-refractivity contribution in [2.24, 2.45) is 11.8 Å². The Balaban J connectivity index is 2.36. The zero-order valence-electron chi connectivity index (χ0n) is 9.73. The van der Waals surface area contributed by atoms with Gasteiger partial charge in [0, 0.05) is 13.2 Å². The third kappa shape index (κ3) is 3.48. The molecule has 2 N–H and O–H groups in total. The fraction of sp³-hybridized carbons (Fsp3) is 0.818. The number of aliphatic carboxylic acids is 1. The number of carboxylic acids is 1. The van der Waals surface area contributed by atoms with Gasteiger partial charge in [-0.1, -0.05) is 13.8 Å². The summed E-state index contributed by atoms with van der Waals surface area (Å²) in [6, 6.07) is 0. The summed E-state index contributed by atoms with van der Waals surface area (Å²) in [5.41, 5.74) is 0. The van der Waals surface area contributed by atoms with Crippen LogP contribution in [0.1, 0.15) is 26.7 Å². The van der Waals surface area contributed by atoms with E-state index < -0.39 is 11.9 Å². The minimum absolute atomic E-state index is 0.00213. The number of rotatable bonds is 5. The van der Waals surface area contributed by atoms with E-state index in [1.807, 2.05) is 13.8 Å². The van der Waals surface area contributed by atoms with Gasteiger partial charge in [-0.25, -0.2) is 0 Å². The summed E-state index contributed by atoms with van der Waals surface area (Å²) in [6.07, 6.45) is 1.23. The Bertz CT molecular complexity index is 259. The van der Waals surface area contributed by atoms with Gasteiger partial charge in [0.1, 0.15) is 6.10 Å². The molecule has 1 aliphatic heterocycles. The maximum atomic E-state index is 11.6. The van der Waals surface area contributed by atoms with Crippen LogP contribution in [0, 0.1) is 11.8 Å². The molecule has 16 heavy (non-hydrogen) atoms. The Morgan fingerprint density at radius 2 is 2.19 bits per heavy atom. The second-order valence-electron chi connectivity index (χ2n) is 4.44. The van der Waals surface area contributed by atoms with Crippen molar-refractivity contribution in [1.29, 1.82) is 0 Å². The normalized spacial score (nSPS) is 22.1. The molecule has 0 radical (unpaired) electrons. The number of hydrogen-bond acceptors (Lipinski definition) is 3. The summed E-state index contributed by atoms with van der Waals surface area (Å²) >= 11 is 0. The van der Waals surface area contributed by atoms with E-state index in [0.29, 0.717) is 6.61 Å². The van der Waals surface area contributed by atoms with E-state index in [1.54, 1.807) is 0 Å². The van der Waals surface area contributed by atoms with Crippen LogP contribution in [-0.2, 0) is 14.3 Å². The fourth-order valence-corrected chi connectivity index (χ4v) is 1.72. The Morgan fingerprint density at radius 1 is 1.50 bits per heavy atom. The fourth-order valence-electron chi connectivity index (χ4n) is 1.72. The molecule has 0 aromatic carbocycles. The van der Waals surface area contributed by atoms with Gasteiger partial charge in [0.05, 0.1) is 5.92 Å². The number of nitrogens with one attached hydrogen (secondary N) is 1. The molecule has 1 saturated heterocycles. The van der Waals surface area contributed by atoms with Crippen molar-refractivity contribution >= 4 is 11.9 Å². The van der Waals surface area contributed by atoms with E-state index >= 15 is 0 Å². The molecular formula is C11H19NO4. The van der Waals surface area contributed by atoms with E-state index in [2.05, 4.69) is 5.32 Å². The average molecular weight is 229 g/mol. The highest BCUT2D eigenvalue weighted by molar-refractivity contribution is 5.81. The second-order valence-corrected chi connectivity index (χ2v) is 4.44. The lowest BCUT2D eigenvalue weighted by molar-refractivity contribution is -0.143. The van der Waals surface area contributed by atoms with Gasteiger partial charge >= 0.3 is 5.97 Å². The van der Waals surface area contributed by atoms with Crippen LogP contribution in [0.15, 0.2) is 0 Å². The zero-order chi connectivity index (χ0) is 12.1. The van der Waals surface area contributed by atoms with E-state index in [0.717, 1.165) is 12.8 Å². The summed E-state index contributed by atoms with van der Waals surface area (Å²) in [5, 5.41) is 11.6. The first kappa shape index (κ1) is 13.0. The van der Waals surface area contributed by atoms with Crippen molar-refractivity contribution in [3.63, 3.8) is 0 Å². The van der Waals surface area contributed by atoms with Gasteiger partial charge in [-0.05, 0) is 18.8 Å². The number of carbonyl (C=O) groups excluding carboxylic acids is 1. The van der Waals surface area contributed by atoms with E-state index in [1.165, 1.54) is 0 Å². The van der Waals surface area contributed by atoms with E-state index in [4.69, 9.17) is 9.84 Å². The molecule has 0 aliphatic carbocycles. The van der Waals surface area contributed by atoms with Gasteiger partial charge in [-0.3, -0.25) is 9.59 Å². The standard InChI is InChI=1S/C11H19NO4/c1-7(2)8(11(14)15)6-12-10(13)9-4-3-5-16-9/h7-9H,3-6H2,1-2H3,(H,12,13)(H,14,15). The molecule has 5 nitrogen and oxygen atoms in total. The lowest BCUT2D eigenvalue weighted by Gasteiger charge is -2.18. The molecule has 0 aromatic rings. The van der Waals surface area contributed by atoms with Gasteiger partial charge in [0.15, 0.2) is 0 Å². The first-order chi connectivity index (χ1) is 7.52. The predicted octanol–water partition coefficient (Wildman–Crippen LogP) is 0.638. The van der Waals surface area contributed by atoms with Crippen LogP contribution in [0.2, 0.25) is 0 Å². The van der Waals surface area contributed by atoms with Crippen molar-refractivity contribution in [3.05, 3.63) is 0 Å². The Hall–Kier alpha value is -1.10. The van der Waals surface area contributed by atoms with Crippen LogP contribution in [0.25, 0.3) is 0 Å². The molecule has 92 valence electrons. The predicted molar refractivity (Wildman–Crippen MR) is 57.9 cm³/mol. The molecule has 2 unspecified atom stereocenters. The Kier molecular flexibility index (Phi) is 4.73. The van der Waals surface area contributed by atoms with Crippen LogP contribution >= 0.6 is 0 Å². The van der Waals surface area contributed by atoms with Crippen molar-refractivity contribution in [3.8, 4) is 0 Å². The van der Waals surface area contributed by atoms with Gasteiger partial charge < -0.3 is 15.2 Å². The Labute approximate surface area is 95.2 Å². The summed E-state index contributed by atoms with van der Waals surface area (Å²) in [5.74, 6) is -1.60. The topological polar surface area (TPSA) is 75.6 Å². The van der Waals surface area contributed by atoms with Gasteiger partial charge in [0.2, 0.25) is 5.91 Å². The molecule has 1 fully saturated rings. The minimum atomic E-state index is -0.873. The second kappa shape index (κ2) is 5.84. The van der Waals surface area contributed by atoms with E-state index in [-0.39, 0.29) is 24.5 Å². The maximum Gasteiger partial charge on any atom is 0.308 e. The smallest absolute Gasteiger partial charge is 0.308 e.